The van der Waals surface area contributed by atoms with Crippen LogP contribution in [0.15, 0.2) is 42.5 Å². The van der Waals surface area contributed by atoms with E-state index in [1.54, 1.807) is 32.0 Å². The summed E-state index contributed by atoms with van der Waals surface area (Å²) in [5, 5.41) is 8.20. The highest BCUT2D eigenvalue weighted by atomic mass is 19.1. The summed E-state index contributed by atoms with van der Waals surface area (Å²) >= 11 is 0. The standard InChI is InChI=1S/C26H28FN5O3/c1-14-22(12-20-19-11-16(27)5-10-21(19)31-25(20)34)29-15(2)24(14)26(35)28-13-23(33)30-17-6-8-18(9-7-17)32(3)4/h5-11,20,29H,12-13H2,1-4H3,(H,28,35)(H,30,33)(H,31,34). The van der Waals surface area contributed by atoms with Gasteiger partial charge in [0.05, 0.1) is 18.0 Å². The molecule has 1 aliphatic heterocycles. The number of hydrogen-bond donors (Lipinski definition) is 4. The largest absolute Gasteiger partial charge is 0.378 e. The maximum atomic E-state index is 13.8. The Hall–Kier alpha value is -4.14. The van der Waals surface area contributed by atoms with Crippen LogP contribution in [0, 0.1) is 19.7 Å². The van der Waals surface area contributed by atoms with Crippen molar-refractivity contribution in [3.63, 3.8) is 0 Å². The predicted molar refractivity (Wildman–Crippen MR) is 133 cm³/mol. The highest BCUT2D eigenvalue weighted by molar-refractivity contribution is 6.03. The lowest BCUT2D eigenvalue weighted by Gasteiger charge is -2.13. The van der Waals surface area contributed by atoms with Gasteiger partial charge in [0, 0.05) is 49.0 Å². The van der Waals surface area contributed by atoms with Crippen molar-refractivity contribution in [2.75, 3.05) is 36.2 Å². The molecule has 3 amide bonds. The molecule has 9 heteroatoms. The summed E-state index contributed by atoms with van der Waals surface area (Å²) in [5.41, 5.74) is 5.32. The van der Waals surface area contributed by atoms with Gasteiger partial charge in [0.2, 0.25) is 11.8 Å². The first-order chi connectivity index (χ1) is 16.6. The van der Waals surface area contributed by atoms with Gasteiger partial charge in [-0.2, -0.15) is 0 Å². The van der Waals surface area contributed by atoms with Crippen LogP contribution in [-0.2, 0) is 16.0 Å². The lowest BCUT2D eigenvalue weighted by Crippen LogP contribution is -2.33. The minimum atomic E-state index is -0.557. The fourth-order valence-corrected chi connectivity index (χ4v) is 4.36. The smallest absolute Gasteiger partial charge is 0.253 e. The number of rotatable bonds is 7. The molecule has 0 aliphatic carbocycles. The zero-order valence-corrected chi connectivity index (χ0v) is 20.1. The second-order valence-corrected chi connectivity index (χ2v) is 8.88. The fourth-order valence-electron chi connectivity index (χ4n) is 4.36. The Bertz CT molecular complexity index is 1300. The van der Waals surface area contributed by atoms with Crippen molar-refractivity contribution < 1.29 is 18.8 Å². The third kappa shape index (κ3) is 5.03. The zero-order valence-electron chi connectivity index (χ0n) is 20.1. The summed E-state index contributed by atoms with van der Waals surface area (Å²) in [5.74, 6) is -1.90. The molecule has 2 aromatic carbocycles. The lowest BCUT2D eigenvalue weighted by molar-refractivity contribution is -0.117. The Labute approximate surface area is 202 Å². The number of fused-ring (bicyclic) bond motifs is 1. The van der Waals surface area contributed by atoms with Gasteiger partial charge in [-0.1, -0.05) is 0 Å². The number of aromatic amines is 1. The van der Waals surface area contributed by atoms with Crippen LogP contribution in [0.1, 0.15) is 38.8 Å². The molecule has 4 rings (SSSR count). The first kappa shape index (κ1) is 24.0. The van der Waals surface area contributed by atoms with Crippen molar-refractivity contribution in [1.29, 1.82) is 0 Å². The van der Waals surface area contributed by atoms with Crippen LogP contribution < -0.4 is 20.9 Å². The summed E-state index contributed by atoms with van der Waals surface area (Å²) in [6.45, 7) is 3.37. The van der Waals surface area contributed by atoms with E-state index >= 15 is 0 Å². The molecule has 1 aliphatic rings. The van der Waals surface area contributed by atoms with Gasteiger partial charge in [-0.3, -0.25) is 14.4 Å². The van der Waals surface area contributed by atoms with Gasteiger partial charge >= 0.3 is 0 Å². The molecule has 1 unspecified atom stereocenters. The zero-order chi connectivity index (χ0) is 25.3. The van der Waals surface area contributed by atoms with Crippen LogP contribution in [0.3, 0.4) is 0 Å². The van der Waals surface area contributed by atoms with E-state index < -0.39 is 11.7 Å². The molecule has 2 heterocycles. The van der Waals surface area contributed by atoms with Crippen LogP contribution in [0.4, 0.5) is 21.5 Å². The number of aryl methyl sites for hydroxylation is 1. The van der Waals surface area contributed by atoms with Gasteiger partial charge in [0.25, 0.3) is 5.91 Å². The van der Waals surface area contributed by atoms with Crippen LogP contribution in [0.5, 0.6) is 0 Å². The van der Waals surface area contributed by atoms with E-state index in [9.17, 15) is 18.8 Å². The number of aromatic nitrogens is 1. The maximum Gasteiger partial charge on any atom is 0.253 e. The molecule has 182 valence electrons. The number of anilines is 3. The molecule has 0 saturated heterocycles. The molecule has 0 saturated carbocycles. The van der Waals surface area contributed by atoms with Crippen molar-refractivity contribution >= 4 is 34.8 Å². The average Bonchev–Trinajstić information content (AvgIpc) is 3.27. The van der Waals surface area contributed by atoms with Crippen LogP contribution in [0.25, 0.3) is 0 Å². The minimum Gasteiger partial charge on any atom is -0.378 e. The maximum absolute atomic E-state index is 13.8. The van der Waals surface area contributed by atoms with Gasteiger partial charge in [-0.25, -0.2) is 4.39 Å². The van der Waals surface area contributed by atoms with E-state index in [4.69, 9.17) is 0 Å². The summed E-state index contributed by atoms with van der Waals surface area (Å²) < 4.78 is 13.8. The van der Waals surface area contributed by atoms with Gasteiger partial charge < -0.3 is 25.8 Å². The van der Waals surface area contributed by atoms with Crippen LogP contribution >= 0.6 is 0 Å². The van der Waals surface area contributed by atoms with Crippen LogP contribution in [0.2, 0.25) is 0 Å². The Morgan fingerprint density at radius 3 is 2.49 bits per heavy atom. The molecule has 1 atom stereocenters. The number of carbonyl (C=O) groups excluding carboxylic acids is 3. The second kappa shape index (κ2) is 9.61. The molecule has 0 radical (unpaired) electrons. The molecular weight excluding hydrogens is 449 g/mol. The van der Waals surface area contributed by atoms with Gasteiger partial charge in [0.1, 0.15) is 5.82 Å². The Kier molecular flexibility index (Phi) is 6.59. The van der Waals surface area contributed by atoms with E-state index in [1.165, 1.54) is 12.1 Å². The minimum absolute atomic E-state index is 0.189. The molecule has 0 fully saturated rings. The first-order valence-electron chi connectivity index (χ1n) is 11.3. The predicted octanol–water partition coefficient (Wildman–Crippen LogP) is 3.48. The van der Waals surface area contributed by atoms with Crippen molar-refractivity contribution in [2.45, 2.75) is 26.2 Å². The monoisotopic (exact) mass is 477 g/mol. The molecule has 0 bridgehead atoms. The van der Waals surface area contributed by atoms with Gasteiger partial charge in [-0.15, -0.1) is 0 Å². The number of benzene rings is 2. The van der Waals surface area contributed by atoms with Gasteiger partial charge in [-0.05, 0) is 67.4 Å². The Morgan fingerprint density at radius 2 is 1.80 bits per heavy atom. The molecule has 3 aromatic rings. The number of carbonyl (C=O) groups is 3. The molecule has 4 N–H and O–H groups in total. The number of nitrogens with zero attached hydrogens (tertiary/aromatic N) is 1. The quantitative estimate of drug-likeness (QED) is 0.418. The summed E-state index contributed by atoms with van der Waals surface area (Å²) in [7, 11) is 3.86. The average molecular weight is 478 g/mol. The number of halogens is 1. The first-order valence-corrected chi connectivity index (χ1v) is 11.3. The van der Waals surface area contributed by atoms with E-state index in [2.05, 4.69) is 20.9 Å². The van der Waals surface area contributed by atoms with E-state index in [-0.39, 0.29) is 24.3 Å². The summed E-state index contributed by atoms with van der Waals surface area (Å²) in [4.78, 5) is 42.8. The molecule has 1 aromatic heterocycles. The Morgan fingerprint density at radius 1 is 1.09 bits per heavy atom. The molecule has 8 nitrogen and oxygen atoms in total. The highest BCUT2D eigenvalue weighted by Gasteiger charge is 2.32. The SMILES string of the molecule is Cc1[nH]c(CC2C(=O)Nc3ccc(F)cc32)c(C)c1C(=O)NCC(=O)Nc1ccc(N(C)C)cc1. The third-order valence-corrected chi connectivity index (χ3v) is 6.22. The van der Waals surface area contributed by atoms with E-state index in [0.29, 0.717) is 40.2 Å². The van der Waals surface area contributed by atoms with E-state index in [1.807, 2.05) is 31.1 Å². The molecular formula is C26H28FN5O3. The topological polar surface area (TPSA) is 106 Å². The second-order valence-electron chi connectivity index (χ2n) is 8.88. The summed E-state index contributed by atoms with van der Waals surface area (Å²) in [6, 6.07) is 11.6. The normalized spacial score (nSPS) is 14.3. The van der Waals surface area contributed by atoms with Crippen LogP contribution in [-0.4, -0.2) is 43.3 Å². The number of hydrogen-bond acceptors (Lipinski definition) is 4. The number of amides is 3. The van der Waals surface area contributed by atoms with E-state index in [0.717, 1.165) is 11.4 Å². The van der Waals surface area contributed by atoms with Gasteiger partial charge in [0.15, 0.2) is 0 Å². The third-order valence-electron chi connectivity index (χ3n) is 6.22. The highest BCUT2D eigenvalue weighted by Crippen LogP contribution is 2.36. The number of nitrogens with one attached hydrogen (secondary N) is 4. The summed E-state index contributed by atoms with van der Waals surface area (Å²) in [6.07, 6.45) is 0.297. The number of H-pyrrole nitrogens is 1. The van der Waals surface area contributed by atoms with Crippen molar-refractivity contribution in [3.8, 4) is 0 Å². The molecule has 35 heavy (non-hydrogen) atoms. The Balaban J connectivity index is 1.41. The molecule has 0 spiro atoms. The van der Waals surface area contributed by atoms with Crippen molar-refractivity contribution in [1.82, 2.24) is 10.3 Å². The van der Waals surface area contributed by atoms with Crippen molar-refractivity contribution in [3.05, 3.63) is 76.4 Å². The lowest BCUT2D eigenvalue weighted by atomic mass is 9.94. The van der Waals surface area contributed by atoms with Crippen molar-refractivity contribution in [2.24, 2.45) is 0 Å². The fraction of sp³-hybridized carbons (Fsp3) is 0.269.